The minimum atomic E-state index is -2.86. The second-order valence-electron chi connectivity index (χ2n) is 6.09. The highest BCUT2D eigenvalue weighted by Gasteiger charge is 2.17. The molecule has 1 amide bonds. The molecule has 146 valence electrons. The highest BCUT2D eigenvalue weighted by molar-refractivity contribution is 5.78. The molecule has 0 saturated heterocycles. The first-order chi connectivity index (χ1) is 12.9. The Hall–Kier alpha value is -2.54. The van der Waals surface area contributed by atoms with Gasteiger partial charge in [0.1, 0.15) is 11.6 Å². The maximum absolute atomic E-state index is 13.1. The van der Waals surface area contributed by atoms with Crippen LogP contribution in [0.25, 0.3) is 0 Å². The average molecular weight is 380 g/mol. The van der Waals surface area contributed by atoms with Crippen LogP contribution in [-0.4, -0.2) is 30.5 Å². The smallest absolute Gasteiger partial charge is 0.387 e. The summed E-state index contributed by atoms with van der Waals surface area (Å²) in [6, 6.07) is 12.3. The van der Waals surface area contributed by atoms with E-state index >= 15 is 0 Å². The lowest BCUT2D eigenvalue weighted by atomic mass is 10.1. The highest BCUT2D eigenvalue weighted by Crippen LogP contribution is 2.20. The lowest BCUT2D eigenvalue weighted by molar-refractivity contribution is -0.122. The van der Waals surface area contributed by atoms with Crippen LogP contribution in [0.4, 0.5) is 13.2 Å². The van der Waals surface area contributed by atoms with Gasteiger partial charge >= 0.3 is 6.61 Å². The molecule has 2 rings (SSSR count). The van der Waals surface area contributed by atoms with E-state index in [2.05, 4.69) is 10.1 Å². The van der Waals surface area contributed by atoms with E-state index < -0.39 is 6.61 Å². The summed E-state index contributed by atoms with van der Waals surface area (Å²) in [4.78, 5) is 14.2. The molecular weight excluding hydrogens is 357 g/mol. The Morgan fingerprint density at radius 3 is 2.30 bits per heavy atom. The quantitative estimate of drug-likeness (QED) is 0.711. The third-order valence-corrected chi connectivity index (χ3v) is 4.29. The van der Waals surface area contributed by atoms with Gasteiger partial charge in [-0.15, -0.1) is 0 Å². The standard InChI is InChI=1S/C20H23F3N2O2/c1-3-25(14(2)16-6-8-17(21)9-7-16)13-19(26)24-12-15-4-10-18(11-5-15)27-20(22)23/h4-11,14,20H,3,12-13H2,1-2H3,(H,24,26). The fourth-order valence-electron chi connectivity index (χ4n) is 2.70. The molecule has 0 aliphatic rings. The van der Waals surface area contributed by atoms with Crippen LogP contribution in [0.15, 0.2) is 48.5 Å². The number of halogens is 3. The van der Waals surface area contributed by atoms with Gasteiger partial charge < -0.3 is 10.1 Å². The summed E-state index contributed by atoms with van der Waals surface area (Å²) in [6.45, 7) is 2.20. The summed E-state index contributed by atoms with van der Waals surface area (Å²) in [7, 11) is 0. The molecule has 0 spiro atoms. The molecule has 27 heavy (non-hydrogen) atoms. The Balaban J connectivity index is 1.86. The van der Waals surface area contributed by atoms with Crippen LogP contribution in [0, 0.1) is 5.82 Å². The van der Waals surface area contributed by atoms with Crippen molar-refractivity contribution in [3.63, 3.8) is 0 Å². The predicted molar refractivity (Wildman–Crippen MR) is 97.0 cm³/mol. The van der Waals surface area contributed by atoms with Crippen LogP contribution in [0.2, 0.25) is 0 Å². The summed E-state index contributed by atoms with van der Waals surface area (Å²) < 4.78 is 41.6. The summed E-state index contributed by atoms with van der Waals surface area (Å²) in [5.74, 6) is -0.374. The van der Waals surface area contributed by atoms with E-state index in [4.69, 9.17) is 0 Å². The van der Waals surface area contributed by atoms with Gasteiger partial charge in [-0.25, -0.2) is 4.39 Å². The number of amides is 1. The van der Waals surface area contributed by atoms with E-state index in [9.17, 15) is 18.0 Å². The van der Waals surface area contributed by atoms with Crippen molar-refractivity contribution in [1.82, 2.24) is 10.2 Å². The van der Waals surface area contributed by atoms with Crippen molar-refractivity contribution >= 4 is 5.91 Å². The zero-order chi connectivity index (χ0) is 19.8. The first-order valence-corrected chi connectivity index (χ1v) is 8.69. The van der Waals surface area contributed by atoms with Gasteiger partial charge in [0.15, 0.2) is 0 Å². The number of carbonyl (C=O) groups is 1. The Bertz CT molecular complexity index is 721. The first kappa shape index (κ1) is 20.8. The van der Waals surface area contributed by atoms with Crippen LogP contribution in [0.1, 0.15) is 31.0 Å². The maximum atomic E-state index is 13.1. The second-order valence-corrected chi connectivity index (χ2v) is 6.09. The third-order valence-electron chi connectivity index (χ3n) is 4.29. The zero-order valence-electron chi connectivity index (χ0n) is 15.3. The van der Waals surface area contributed by atoms with Crippen molar-refractivity contribution < 1.29 is 22.7 Å². The minimum absolute atomic E-state index is 0.0351. The summed E-state index contributed by atoms with van der Waals surface area (Å²) in [5, 5.41) is 2.81. The van der Waals surface area contributed by atoms with Crippen LogP contribution < -0.4 is 10.1 Å². The van der Waals surface area contributed by atoms with Gasteiger partial charge in [0, 0.05) is 12.6 Å². The highest BCUT2D eigenvalue weighted by atomic mass is 19.3. The van der Waals surface area contributed by atoms with E-state index in [0.29, 0.717) is 6.54 Å². The van der Waals surface area contributed by atoms with Crippen molar-refractivity contribution in [3.8, 4) is 5.75 Å². The van der Waals surface area contributed by atoms with Crippen molar-refractivity contribution in [2.75, 3.05) is 13.1 Å². The minimum Gasteiger partial charge on any atom is -0.435 e. The molecule has 0 saturated carbocycles. The van der Waals surface area contributed by atoms with Gasteiger partial charge in [-0.2, -0.15) is 8.78 Å². The lowest BCUT2D eigenvalue weighted by Gasteiger charge is -2.27. The molecule has 1 unspecified atom stereocenters. The number of benzene rings is 2. The van der Waals surface area contributed by atoms with Gasteiger partial charge in [-0.05, 0) is 48.9 Å². The SMILES string of the molecule is CCN(CC(=O)NCc1ccc(OC(F)F)cc1)C(C)c1ccc(F)cc1. The lowest BCUT2D eigenvalue weighted by Crippen LogP contribution is -2.38. The van der Waals surface area contributed by atoms with Gasteiger partial charge in [0.2, 0.25) is 5.91 Å². The van der Waals surface area contributed by atoms with Crippen molar-refractivity contribution in [1.29, 1.82) is 0 Å². The molecule has 2 aromatic rings. The molecule has 0 fully saturated rings. The fourth-order valence-corrected chi connectivity index (χ4v) is 2.70. The number of carbonyl (C=O) groups excluding carboxylic acids is 1. The van der Waals surface area contributed by atoms with E-state index in [1.165, 1.54) is 24.3 Å². The Morgan fingerprint density at radius 1 is 1.11 bits per heavy atom. The van der Waals surface area contributed by atoms with E-state index in [-0.39, 0.29) is 36.6 Å². The number of rotatable bonds is 9. The predicted octanol–water partition coefficient (Wildman–Crippen LogP) is 4.13. The third kappa shape index (κ3) is 6.60. The molecule has 0 heterocycles. The van der Waals surface area contributed by atoms with Crippen molar-refractivity contribution in [2.45, 2.75) is 33.0 Å². The summed E-state index contributed by atoms with van der Waals surface area (Å²) in [6.07, 6.45) is 0. The normalized spacial score (nSPS) is 12.3. The van der Waals surface area contributed by atoms with Crippen molar-refractivity contribution in [3.05, 3.63) is 65.5 Å². The molecule has 0 bridgehead atoms. The van der Waals surface area contributed by atoms with Crippen molar-refractivity contribution in [2.24, 2.45) is 0 Å². The molecule has 0 aliphatic heterocycles. The molecular formula is C20H23F3N2O2. The Labute approximate surface area is 156 Å². The maximum Gasteiger partial charge on any atom is 0.387 e. The summed E-state index contributed by atoms with van der Waals surface area (Å²) >= 11 is 0. The molecule has 4 nitrogen and oxygen atoms in total. The molecule has 0 aliphatic carbocycles. The Kier molecular flexibility index (Phi) is 7.67. The van der Waals surface area contributed by atoms with Gasteiger partial charge in [0.25, 0.3) is 0 Å². The Morgan fingerprint density at radius 2 is 1.74 bits per heavy atom. The molecule has 2 aromatic carbocycles. The van der Waals surface area contributed by atoms with Gasteiger partial charge in [-0.1, -0.05) is 31.2 Å². The molecule has 0 radical (unpaired) electrons. The van der Waals surface area contributed by atoms with Gasteiger partial charge in [-0.3, -0.25) is 9.69 Å². The molecule has 0 aromatic heterocycles. The molecule has 1 atom stereocenters. The fraction of sp³-hybridized carbons (Fsp3) is 0.350. The molecule has 1 N–H and O–H groups in total. The number of likely N-dealkylation sites (N-methyl/N-ethyl adjacent to an activating group) is 1. The number of alkyl halides is 2. The summed E-state index contributed by atoms with van der Waals surface area (Å²) in [5.41, 5.74) is 1.71. The van der Waals surface area contributed by atoms with Crippen LogP contribution >= 0.6 is 0 Å². The van der Waals surface area contributed by atoms with Gasteiger partial charge in [0.05, 0.1) is 6.54 Å². The topological polar surface area (TPSA) is 41.6 Å². The number of hydrogen-bond acceptors (Lipinski definition) is 3. The largest absolute Gasteiger partial charge is 0.435 e. The number of nitrogens with one attached hydrogen (secondary N) is 1. The number of hydrogen-bond donors (Lipinski definition) is 1. The second kappa shape index (κ2) is 9.97. The average Bonchev–Trinajstić information content (AvgIpc) is 2.65. The van der Waals surface area contributed by atoms with Crippen LogP contribution in [-0.2, 0) is 11.3 Å². The first-order valence-electron chi connectivity index (χ1n) is 8.69. The van der Waals surface area contributed by atoms with E-state index in [1.807, 2.05) is 18.7 Å². The monoisotopic (exact) mass is 380 g/mol. The van der Waals surface area contributed by atoms with Crippen LogP contribution in [0.3, 0.4) is 0 Å². The zero-order valence-corrected chi connectivity index (χ0v) is 15.3. The van der Waals surface area contributed by atoms with E-state index in [0.717, 1.165) is 11.1 Å². The molecule has 7 heteroatoms. The number of ether oxygens (including phenoxy) is 1. The van der Waals surface area contributed by atoms with E-state index in [1.54, 1.807) is 24.3 Å². The number of nitrogens with zero attached hydrogens (tertiary/aromatic N) is 1. The van der Waals surface area contributed by atoms with Crippen LogP contribution in [0.5, 0.6) is 5.75 Å².